The highest BCUT2D eigenvalue weighted by Gasteiger charge is 2.08. The van der Waals surface area contributed by atoms with Crippen LogP contribution in [-0.2, 0) is 6.54 Å². The van der Waals surface area contributed by atoms with E-state index in [1.807, 2.05) is 13.0 Å². The van der Waals surface area contributed by atoms with Crippen LogP contribution in [0.1, 0.15) is 26.6 Å². The molecule has 0 saturated heterocycles. The fourth-order valence-corrected chi connectivity index (χ4v) is 1.63. The van der Waals surface area contributed by atoms with Crippen LogP contribution in [0.25, 0.3) is 11.6 Å². The molecule has 2 rings (SSSR count). The summed E-state index contributed by atoms with van der Waals surface area (Å²) in [6, 6.07) is 3.95. The average Bonchev–Trinajstić information content (AvgIpc) is 3.06. The maximum Gasteiger partial charge on any atom is 0.216 e. The van der Waals surface area contributed by atoms with Crippen LogP contribution < -0.4 is 10.6 Å². The normalized spacial score (nSPS) is 11.3. The number of rotatable bonds is 5. The van der Waals surface area contributed by atoms with Crippen molar-refractivity contribution in [2.24, 2.45) is 4.99 Å². The van der Waals surface area contributed by atoms with Crippen LogP contribution in [0.2, 0.25) is 0 Å². The number of aromatic amines is 1. The summed E-state index contributed by atoms with van der Waals surface area (Å²) >= 11 is 0. The Morgan fingerprint density at radius 1 is 1.48 bits per heavy atom. The number of guanidine groups is 1. The van der Waals surface area contributed by atoms with Gasteiger partial charge in [0, 0.05) is 12.6 Å². The standard InChI is InChI=1S/C13H20N6O.HI/c1-4-14-13(16-9(2)3)15-8-11-17-12(19-18-11)10-6-5-7-20-10;/h5-7,9H,4,8H2,1-3H3,(H2,14,15,16)(H,17,18,19);1H. The van der Waals surface area contributed by atoms with Crippen molar-refractivity contribution in [1.29, 1.82) is 0 Å². The molecule has 0 saturated carbocycles. The average molecular weight is 404 g/mol. The Hall–Kier alpha value is -1.58. The van der Waals surface area contributed by atoms with Gasteiger partial charge in [0.05, 0.1) is 6.26 Å². The Morgan fingerprint density at radius 3 is 2.90 bits per heavy atom. The van der Waals surface area contributed by atoms with Crippen molar-refractivity contribution < 1.29 is 4.42 Å². The minimum Gasteiger partial charge on any atom is -0.461 e. The SMILES string of the molecule is CCNC(=NCc1nc(-c2ccco2)n[nH]1)NC(C)C.I. The summed E-state index contributed by atoms with van der Waals surface area (Å²) in [5.74, 6) is 2.64. The third kappa shape index (κ3) is 5.37. The van der Waals surface area contributed by atoms with E-state index in [-0.39, 0.29) is 24.0 Å². The summed E-state index contributed by atoms with van der Waals surface area (Å²) in [4.78, 5) is 8.79. The first-order chi connectivity index (χ1) is 9.69. The zero-order chi connectivity index (χ0) is 14.4. The molecule has 0 aliphatic rings. The van der Waals surface area contributed by atoms with E-state index in [9.17, 15) is 0 Å². The Bertz CT molecular complexity index is 549. The lowest BCUT2D eigenvalue weighted by Gasteiger charge is -2.13. The second kappa shape index (κ2) is 8.65. The molecule has 2 heterocycles. The fraction of sp³-hybridized carbons (Fsp3) is 0.462. The molecule has 8 heteroatoms. The molecule has 0 fully saturated rings. The van der Waals surface area contributed by atoms with Gasteiger partial charge in [-0.1, -0.05) is 0 Å². The highest BCUT2D eigenvalue weighted by molar-refractivity contribution is 14.0. The van der Waals surface area contributed by atoms with Crippen molar-refractivity contribution >= 4 is 29.9 Å². The molecule has 0 atom stereocenters. The number of hydrogen-bond acceptors (Lipinski definition) is 4. The minimum atomic E-state index is 0. The molecule has 0 radical (unpaired) electrons. The molecule has 3 N–H and O–H groups in total. The third-order valence-electron chi connectivity index (χ3n) is 2.43. The van der Waals surface area contributed by atoms with Crippen molar-refractivity contribution in [1.82, 2.24) is 25.8 Å². The van der Waals surface area contributed by atoms with Gasteiger partial charge in [-0.3, -0.25) is 5.10 Å². The molecule has 0 aromatic carbocycles. The first-order valence-electron chi connectivity index (χ1n) is 6.69. The van der Waals surface area contributed by atoms with Crippen molar-refractivity contribution in [3.8, 4) is 11.6 Å². The Balaban J connectivity index is 0.00000220. The Labute approximate surface area is 141 Å². The van der Waals surface area contributed by atoms with Gasteiger partial charge in [0.1, 0.15) is 12.4 Å². The van der Waals surface area contributed by atoms with E-state index in [2.05, 4.69) is 44.7 Å². The van der Waals surface area contributed by atoms with Gasteiger partial charge in [-0.2, -0.15) is 0 Å². The van der Waals surface area contributed by atoms with Gasteiger partial charge in [0.25, 0.3) is 0 Å². The molecule has 116 valence electrons. The first-order valence-corrected chi connectivity index (χ1v) is 6.69. The van der Waals surface area contributed by atoms with E-state index in [0.717, 1.165) is 12.5 Å². The first kappa shape index (κ1) is 17.5. The molecule has 7 nitrogen and oxygen atoms in total. The van der Waals surface area contributed by atoms with Gasteiger partial charge < -0.3 is 15.1 Å². The fourth-order valence-electron chi connectivity index (χ4n) is 1.63. The molecule has 21 heavy (non-hydrogen) atoms. The number of H-pyrrole nitrogens is 1. The molecule has 0 spiro atoms. The number of furan rings is 1. The van der Waals surface area contributed by atoms with Gasteiger partial charge >= 0.3 is 0 Å². The molecule has 2 aromatic rings. The second-order valence-electron chi connectivity index (χ2n) is 4.58. The van der Waals surface area contributed by atoms with Crippen LogP contribution in [-0.4, -0.2) is 33.7 Å². The predicted octanol–water partition coefficient (Wildman–Crippen LogP) is 2.15. The van der Waals surface area contributed by atoms with Crippen LogP contribution in [0.3, 0.4) is 0 Å². The summed E-state index contributed by atoms with van der Waals surface area (Å²) in [6.45, 7) is 7.40. The molecule has 0 amide bonds. The molecule has 0 bridgehead atoms. The monoisotopic (exact) mass is 404 g/mol. The lowest BCUT2D eigenvalue weighted by Crippen LogP contribution is -2.41. The van der Waals surface area contributed by atoms with Gasteiger partial charge in [-0.15, -0.1) is 29.1 Å². The van der Waals surface area contributed by atoms with Crippen molar-refractivity contribution in [2.75, 3.05) is 6.54 Å². The van der Waals surface area contributed by atoms with Crippen molar-refractivity contribution in [3.05, 3.63) is 24.2 Å². The molecule has 2 aromatic heterocycles. The summed E-state index contributed by atoms with van der Waals surface area (Å²) in [6.07, 6.45) is 1.60. The molecule has 0 aliphatic heterocycles. The van der Waals surface area contributed by atoms with Crippen LogP contribution in [0.4, 0.5) is 0 Å². The summed E-state index contributed by atoms with van der Waals surface area (Å²) in [7, 11) is 0. The molecule has 0 aliphatic carbocycles. The van der Waals surface area contributed by atoms with Crippen molar-refractivity contribution in [2.45, 2.75) is 33.4 Å². The Kier molecular flexibility index (Phi) is 7.20. The maximum atomic E-state index is 5.24. The Morgan fingerprint density at radius 2 is 2.29 bits per heavy atom. The van der Waals surface area contributed by atoms with Gasteiger partial charge in [0.15, 0.2) is 11.7 Å². The number of nitrogens with one attached hydrogen (secondary N) is 3. The van der Waals surface area contributed by atoms with E-state index < -0.39 is 0 Å². The van der Waals surface area contributed by atoms with E-state index in [1.165, 1.54) is 0 Å². The number of aromatic nitrogens is 3. The van der Waals surface area contributed by atoms with Crippen LogP contribution in [0.5, 0.6) is 0 Å². The second-order valence-corrected chi connectivity index (χ2v) is 4.58. The smallest absolute Gasteiger partial charge is 0.216 e. The van der Waals surface area contributed by atoms with Crippen LogP contribution in [0.15, 0.2) is 27.8 Å². The van der Waals surface area contributed by atoms with Crippen LogP contribution >= 0.6 is 24.0 Å². The van der Waals surface area contributed by atoms with E-state index in [1.54, 1.807) is 12.3 Å². The van der Waals surface area contributed by atoms with Crippen LogP contribution in [0, 0.1) is 0 Å². The maximum absolute atomic E-state index is 5.24. The molecular weight excluding hydrogens is 383 g/mol. The number of aliphatic imine (C=N–C) groups is 1. The lowest BCUT2D eigenvalue weighted by atomic mass is 10.4. The quantitative estimate of drug-likeness (QED) is 0.404. The zero-order valence-corrected chi connectivity index (χ0v) is 14.7. The number of halogens is 1. The topological polar surface area (TPSA) is 91.1 Å². The summed E-state index contributed by atoms with van der Waals surface area (Å²) in [5, 5.41) is 13.4. The zero-order valence-electron chi connectivity index (χ0n) is 12.4. The third-order valence-corrected chi connectivity index (χ3v) is 2.43. The van der Waals surface area contributed by atoms with Gasteiger partial charge in [0.2, 0.25) is 5.82 Å². The van der Waals surface area contributed by atoms with E-state index in [0.29, 0.717) is 30.0 Å². The van der Waals surface area contributed by atoms with Crippen molar-refractivity contribution in [3.63, 3.8) is 0 Å². The van der Waals surface area contributed by atoms with E-state index >= 15 is 0 Å². The lowest BCUT2D eigenvalue weighted by molar-refractivity contribution is 0.577. The van der Waals surface area contributed by atoms with Gasteiger partial charge in [-0.05, 0) is 32.9 Å². The highest BCUT2D eigenvalue weighted by Crippen LogP contribution is 2.14. The highest BCUT2D eigenvalue weighted by atomic mass is 127. The number of nitrogens with zero attached hydrogens (tertiary/aromatic N) is 3. The van der Waals surface area contributed by atoms with Gasteiger partial charge in [-0.25, -0.2) is 9.98 Å². The molecular formula is C13H21IN6O. The molecule has 0 unspecified atom stereocenters. The summed E-state index contributed by atoms with van der Waals surface area (Å²) in [5.41, 5.74) is 0. The van der Waals surface area contributed by atoms with E-state index in [4.69, 9.17) is 4.42 Å². The minimum absolute atomic E-state index is 0. The largest absolute Gasteiger partial charge is 0.461 e. The summed E-state index contributed by atoms with van der Waals surface area (Å²) < 4.78 is 5.24. The number of hydrogen-bond donors (Lipinski definition) is 3. The predicted molar refractivity (Wildman–Crippen MR) is 92.6 cm³/mol.